The molecule has 0 radical (unpaired) electrons. The van der Waals surface area contributed by atoms with Gasteiger partial charge in [-0.3, -0.25) is 10.1 Å². The SMILES string of the molecule is CCOc1ccc([C@H](C)NS(=O)(=O)c2ccc([N+](=O)[O-])cc2)cc1OCC. The molecule has 0 fully saturated rings. The monoisotopic (exact) mass is 394 g/mol. The molecular weight excluding hydrogens is 372 g/mol. The van der Waals surface area contributed by atoms with Crippen LogP contribution in [0.5, 0.6) is 11.5 Å². The van der Waals surface area contributed by atoms with E-state index >= 15 is 0 Å². The Morgan fingerprint density at radius 3 is 2.19 bits per heavy atom. The minimum Gasteiger partial charge on any atom is -0.490 e. The molecule has 0 saturated carbocycles. The summed E-state index contributed by atoms with van der Waals surface area (Å²) >= 11 is 0. The van der Waals surface area contributed by atoms with Crippen molar-refractivity contribution in [3.8, 4) is 11.5 Å². The van der Waals surface area contributed by atoms with Crippen LogP contribution in [0.3, 0.4) is 0 Å². The molecule has 9 heteroatoms. The van der Waals surface area contributed by atoms with Crippen molar-refractivity contribution < 1.29 is 22.8 Å². The molecule has 1 atom stereocenters. The van der Waals surface area contributed by atoms with Gasteiger partial charge in [0.05, 0.1) is 23.0 Å². The van der Waals surface area contributed by atoms with Crippen molar-refractivity contribution in [2.24, 2.45) is 0 Å². The molecule has 27 heavy (non-hydrogen) atoms. The maximum Gasteiger partial charge on any atom is 0.269 e. The van der Waals surface area contributed by atoms with Gasteiger partial charge in [-0.1, -0.05) is 6.07 Å². The van der Waals surface area contributed by atoms with Crippen LogP contribution >= 0.6 is 0 Å². The molecule has 0 saturated heterocycles. The maximum atomic E-state index is 12.5. The zero-order valence-corrected chi connectivity index (χ0v) is 16.2. The average Bonchev–Trinajstić information content (AvgIpc) is 2.63. The topological polar surface area (TPSA) is 108 Å². The second-order valence-electron chi connectivity index (χ2n) is 5.67. The van der Waals surface area contributed by atoms with Crippen LogP contribution in [0.1, 0.15) is 32.4 Å². The van der Waals surface area contributed by atoms with Crippen LogP contribution in [0.2, 0.25) is 0 Å². The third kappa shape index (κ3) is 5.18. The van der Waals surface area contributed by atoms with E-state index in [-0.39, 0.29) is 10.6 Å². The lowest BCUT2D eigenvalue weighted by Crippen LogP contribution is -2.27. The van der Waals surface area contributed by atoms with E-state index in [2.05, 4.69) is 4.72 Å². The summed E-state index contributed by atoms with van der Waals surface area (Å²) in [5.41, 5.74) is 0.530. The van der Waals surface area contributed by atoms with Gasteiger partial charge in [0.15, 0.2) is 11.5 Å². The van der Waals surface area contributed by atoms with Crippen LogP contribution in [0.25, 0.3) is 0 Å². The van der Waals surface area contributed by atoms with E-state index in [1.807, 2.05) is 13.8 Å². The fraction of sp³-hybridized carbons (Fsp3) is 0.333. The highest BCUT2D eigenvalue weighted by Crippen LogP contribution is 2.31. The van der Waals surface area contributed by atoms with E-state index in [4.69, 9.17) is 9.47 Å². The zero-order valence-electron chi connectivity index (χ0n) is 15.3. The fourth-order valence-corrected chi connectivity index (χ4v) is 3.68. The van der Waals surface area contributed by atoms with Crippen LogP contribution in [0.15, 0.2) is 47.4 Å². The van der Waals surface area contributed by atoms with E-state index in [0.29, 0.717) is 30.3 Å². The predicted molar refractivity (Wildman–Crippen MR) is 101 cm³/mol. The van der Waals surface area contributed by atoms with Crippen LogP contribution in [0.4, 0.5) is 5.69 Å². The Labute approximate surface area is 158 Å². The highest BCUT2D eigenvalue weighted by atomic mass is 32.2. The molecule has 8 nitrogen and oxygen atoms in total. The maximum absolute atomic E-state index is 12.5. The molecule has 0 aliphatic rings. The van der Waals surface area contributed by atoms with Gasteiger partial charge in [-0.2, -0.15) is 0 Å². The molecule has 2 rings (SSSR count). The van der Waals surface area contributed by atoms with Gasteiger partial charge >= 0.3 is 0 Å². The molecule has 0 aliphatic carbocycles. The van der Waals surface area contributed by atoms with E-state index in [1.54, 1.807) is 25.1 Å². The molecule has 1 N–H and O–H groups in total. The minimum absolute atomic E-state index is 0.0454. The molecule has 0 amide bonds. The highest BCUT2D eigenvalue weighted by Gasteiger charge is 2.20. The van der Waals surface area contributed by atoms with Gasteiger partial charge in [0, 0.05) is 18.2 Å². The second kappa shape index (κ2) is 8.83. The quantitative estimate of drug-likeness (QED) is 0.516. The number of ether oxygens (including phenoxy) is 2. The van der Waals surface area contributed by atoms with E-state index < -0.39 is 21.0 Å². The van der Waals surface area contributed by atoms with Crippen molar-refractivity contribution in [3.63, 3.8) is 0 Å². The van der Waals surface area contributed by atoms with Crippen molar-refractivity contribution in [1.29, 1.82) is 0 Å². The lowest BCUT2D eigenvalue weighted by molar-refractivity contribution is -0.384. The molecule has 0 unspecified atom stereocenters. The molecule has 0 aliphatic heterocycles. The van der Waals surface area contributed by atoms with Crippen molar-refractivity contribution in [3.05, 3.63) is 58.1 Å². The molecular formula is C18H22N2O6S. The number of benzene rings is 2. The van der Waals surface area contributed by atoms with Gasteiger partial charge in [0.2, 0.25) is 10.0 Å². The van der Waals surface area contributed by atoms with E-state index in [1.165, 1.54) is 12.1 Å². The van der Waals surface area contributed by atoms with Crippen molar-refractivity contribution >= 4 is 15.7 Å². The normalized spacial score (nSPS) is 12.4. The van der Waals surface area contributed by atoms with Crippen molar-refractivity contribution in [2.45, 2.75) is 31.7 Å². The number of sulfonamides is 1. The first kappa shape index (κ1) is 20.7. The molecule has 0 aromatic heterocycles. The van der Waals surface area contributed by atoms with Gasteiger partial charge in [0.25, 0.3) is 5.69 Å². The lowest BCUT2D eigenvalue weighted by atomic mass is 10.1. The molecule has 0 heterocycles. The van der Waals surface area contributed by atoms with Gasteiger partial charge in [-0.15, -0.1) is 0 Å². The first-order valence-corrected chi connectivity index (χ1v) is 9.93. The van der Waals surface area contributed by atoms with E-state index in [0.717, 1.165) is 12.1 Å². The van der Waals surface area contributed by atoms with Crippen LogP contribution in [0, 0.1) is 10.1 Å². The van der Waals surface area contributed by atoms with Crippen molar-refractivity contribution in [1.82, 2.24) is 4.72 Å². The van der Waals surface area contributed by atoms with Gasteiger partial charge in [-0.05, 0) is 50.6 Å². The summed E-state index contributed by atoms with van der Waals surface area (Å²) in [4.78, 5) is 10.1. The zero-order chi connectivity index (χ0) is 20.0. The second-order valence-corrected chi connectivity index (χ2v) is 7.38. The summed E-state index contributed by atoms with van der Waals surface area (Å²) < 4.78 is 38.7. The number of hydrogen-bond donors (Lipinski definition) is 1. The summed E-state index contributed by atoms with van der Waals surface area (Å²) in [6, 6.07) is 9.41. The number of nitrogens with one attached hydrogen (secondary N) is 1. The fourth-order valence-electron chi connectivity index (χ4n) is 2.45. The third-order valence-electron chi connectivity index (χ3n) is 3.76. The molecule has 0 bridgehead atoms. The summed E-state index contributed by atoms with van der Waals surface area (Å²) in [5.74, 6) is 1.13. The largest absolute Gasteiger partial charge is 0.490 e. The number of rotatable bonds is 9. The smallest absolute Gasteiger partial charge is 0.269 e. The van der Waals surface area contributed by atoms with E-state index in [9.17, 15) is 18.5 Å². The molecule has 146 valence electrons. The minimum atomic E-state index is -3.84. The number of nitro benzene ring substituents is 1. The number of nitro groups is 1. The summed E-state index contributed by atoms with van der Waals surface area (Å²) in [6.45, 7) is 6.36. The summed E-state index contributed by atoms with van der Waals surface area (Å²) in [5, 5.41) is 10.7. The number of non-ortho nitro benzene ring substituents is 1. The first-order chi connectivity index (χ1) is 12.8. The molecule has 0 spiro atoms. The Hall–Kier alpha value is -2.65. The van der Waals surface area contributed by atoms with Crippen LogP contribution < -0.4 is 14.2 Å². The lowest BCUT2D eigenvalue weighted by Gasteiger charge is -2.17. The van der Waals surface area contributed by atoms with Crippen LogP contribution in [-0.4, -0.2) is 26.6 Å². The Bertz CT molecular complexity index is 897. The van der Waals surface area contributed by atoms with Gasteiger partial charge < -0.3 is 9.47 Å². The predicted octanol–water partition coefficient (Wildman–Crippen LogP) is 3.43. The van der Waals surface area contributed by atoms with Gasteiger partial charge in [-0.25, -0.2) is 13.1 Å². The summed E-state index contributed by atoms with van der Waals surface area (Å²) in [6.07, 6.45) is 0. The number of nitrogens with zero attached hydrogens (tertiary/aromatic N) is 1. The Kier molecular flexibility index (Phi) is 6.75. The number of hydrogen-bond acceptors (Lipinski definition) is 6. The van der Waals surface area contributed by atoms with Crippen LogP contribution in [-0.2, 0) is 10.0 Å². The Morgan fingerprint density at radius 2 is 1.63 bits per heavy atom. The third-order valence-corrected chi connectivity index (χ3v) is 5.31. The molecule has 2 aromatic rings. The Balaban J connectivity index is 2.23. The molecule has 2 aromatic carbocycles. The standard InChI is InChI=1S/C18H22N2O6S/c1-4-25-17-11-6-14(12-18(17)26-5-2)13(3)19-27(23,24)16-9-7-15(8-10-16)20(21)22/h6-13,19H,4-5H2,1-3H3/t13-/m0/s1. The summed E-state index contributed by atoms with van der Waals surface area (Å²) in [7, 11) is -3.84. The average molecular weight is 394 g/mol. The van der Waals surface area contributed by atoms with Crippen molar-refractivity contribution in [2.75, 3.05) is 13.2 Å². The van der Waals surface area contributed by atoms with Gasteiger partial charge in [0.1, 0.15) is 0 Å². The first-order valence-electron chi connectivity index (χ1n) is 8.44. The highest BCUT2D eigenvalue weighted by molar-refractivity contribution is 7.89. The Morgan fingerprint density at radius 1 is 1.04 bits per heavy atom.